The minimum atomic E-state index is -3.27. The highest BCUT2D eigenvalue weighted by atomic mass is 35.5. The van der Waals surface area contributed by atoms with E-state index in [0.717, 1.165) is 44.9 Å². The number of benzene rings is 1. The lowest BCUT2D eigenvalue weighted by atomic mass is 9.84. The lowest BCUT2D eigenvalue weighted by molar-refractivity contribution is 0.0908. The quantitative estimate of drug-likeness (QED) is 0.794. The molecular weight excluding hydrogens is 372 g/mol. The van der Waals surface area contributed by atoms with E-state index in [1.54, 1.807) is 24.3 Å². The highest BCUT2D eigenvalue weighted by Gasteiger charge is 2.30. The Balaban J connectivity index is 0.00000243. The van der Waals surface area contributed by atoms with Crippen molar-refractivity contribution in [2.45, 2.75) is 67.6 Å². The molecule has 0 heterocycles. The molecule has 7 heteroatoms. The first-order valence-corrected chi connectivity index (χ1v) is 10.9. The first-order chi connectivity index (χ1) is 12.0. The number of amides is 1. The Morgan fingerprint density at radius 1 is 1.00 bits per heavy atom. The maximum Gasteiger partial charge on any atom is 0.251 e. The third kappa shape index (κ3) is 4.59. The second-order valence-electron chi connectivity index (χ2n) is 7.34. The molecule has 1 amide bonds. The van der Waals surface area contributed by atoms with Crippen LogP contribution >= 0.6 is 12.4 Å². The van der Waals surface area contributed by atoms with Gasteiger partial charge in [-0.2, -0.15) is 0 Å². The summed E-state index contributed by atoms with van der Waals surface area (Å²) in [5, 5.41) is 2.82. The molecule has 2 aliphatic rings. The Morgan fingerprint density at radius 2 is 1.58 bits per heavy atom. The SMILES string of the molecule is Cl.NCC1CCCCC1NC(=O)c1ccc(S(=O)(=O)C2CCCC2)cc1. The van der Waals surface area contributed by atoms with Gasteiger partial charge >= 0.3 is 0 Å². The van der Waals surface area contributed by atoms with Gasteiger partial charge in [0, 0.05) is 11.6 Å². The van der Waals surface area contributed by atoms with Crippen LogP contribution < -0.4 is 11.1 Å². The zero-order chi connectivity index (χ0) is 17.9. The van der Waals surface area contributed by atoms with Crippen LogP contribution in [0.15, 0.2) is 29.2 Å². The predicted molar refractivity (Wildman–Crippen MR) is 105 cm³/mol. The molecule has 0 bridgehead atoms. The van der Waals surface area contributed by atoms with Gasteiger partial charge in [-0.1, -0.05) is 25.7 Å². The van der Waals surface area contributed by atoms with Crippen LogP contribution in [0, 0.1) is 5.92 Å². The van der Waals surface area contributed by atoms with E-state index in [-0.39, 0.29) is 29.6 Å². The number of carbonyl (C=O) groups excluding carboxylic acids is 1. The van der Waals surface area contributed by atoms with Crippen LogP contribution in [0.5, 0.6) is 0 Å². The van der Waals surface area contributed by atoms with Crippen molar-refractivity contribution in [1.82, 2.24) is 5.32 Å². The van der Waals surface area contributed by atoms with E-state index in [0.29, 0.717) is 22.9 Å². The van der Waals surface area contributed by atoms with Crippen molar-refractivity contribution in [2.75, 3.05) is 6.54 Å². The fraction of sp³-hybridized carbons (Fsp3) is 0.632. The molecule has 0 radical (unpaired) electrons. The summed E-state index contributed by atoms with van der Waals surface area (Å²) in [6.07, 6.45) is 7.74. The molecule has 0 spiro atoms. The molecule has 1 aromatic carbocycles. The van der Waals surface area contributed by atoms with E-state index in [2.05, 4.69) is 5.32 Å². The molecule has 2 unspecified atom stereocenters. The lowest BCUT2D eigenvalue weighted by Crippen LogP contribution is -2.44. The van der Waals surface area contributed by atoms with Gasteiger partial charge in [0.05, 0.1) is 10.1 Å². The van der Waals surface area contributed by atoms with Crippen molar-refractivity contribution >= 4 is 28.2 Å². The molecule has 2 atom stereocenters. The van der Waals surface area contributed by atoms with Gasteiger partial charge in [0.1, 0.15) is 0 Å². The second-order valence-corrected chi connectivity index (χ2v) is 9.56. The maximum atomic E-state index is 12.6. The minimum absolute atomic E-state index is 0. The summed E-state index contributed by atoms with van der Waals surface area (Å²) >= 11 is 0. The van der Waals surface area contributed by atoms with Crippen molar-refractivity contribution in [1.29, 1.82) is 0 Å². The second kappa shape index (κ2) is 9.20. The Labute approximate surface area is 162 Å². The maximum absolute atomic E-state index is 12.6. The van der Waals surface area contributed by atoms with Gasteiger partial charge in [-0.15, -0.1) is 12.4 Å². The van der Waals surface area contributed by atoms with Gasteiger partial charge in [-0.3, -0.25) is 4.79 Å². The number of nitrogens with two attached hydrogens (primary N) is 1. The van der Waals surface area contributed by atoms with Crippen LogP contribution in [0.2, 0.25) is 0 Å². The molecule has 146 valence electrons. The Bertz CT molecular complexity index is 700. The number of carbonyl (C=O) groups is 1. The van der Waals surface area contributed by atoms with E-state index in [1.807, 2.05) is 0 Å². The molecular formula is C19H29ClN2O3S. The standard InChI is InChI=1S/C19H28N2O3S.ClH/c20-13-15-5-1-4-8-18(15)21-19(22)14-9-11-17(12-10-14)25(23,24)16-6-2-3-7-16;/h9-12,15-16,18H,1-8,13,20H2,(H,21,22);1H. The summed E-state index contributed by atoms with van der Waals surface area (Å²) in [5.74, 6) is 0.190. The van der Waals surface area contributed by atoms with Crippen molar-refractivity contribution in [2.24, 2.45) is 11.7 Å². The van der Waals surface area contributed by atoms with Crippen LogP contribution in [-0.2, 0) is 9.84 Å². The van der Waals surface area contributed by atoms with Crippen molar-refractivity contribution in [3.8, 4) is 0 Å². The van der Waals surface area contributed by atoms with Gasteiger partial charge in [0.15, 0.2) is 9.84 Å². The molecule has 3 N–H and O–H groups in total. The summed E-state index contributed by atoms with van der Waals surface area (Å²) in [6.45, 7) is 0.587. The fourth-order valence-electron chi connectivity index (χ4n) is 4.12. The third-order valence-corrected chi connectivity index (χ3v) is 7.99. The zero-order valence-corrected chi connectivity index (χ0v) is 16.7. The van der Waals surface area contributed by atoms with Crippen LogP contribution in [-0.4, -0.2) is 32.2 Å². The van der Waals surface area contributed by atoms with Crippen LogP contribution in [0.3, 0.4) is 0 Å². The monoisotopic (exact) mass is 400 g/mol. The number of hydrogen-bond donors (Lipinski definition) is 2. The molecule has 26 heavy (non-hydrogen) atoms. The van der Waals surface area contributed by atoms with Crippen LogP contribution in [0.4, 0.5) is 0 Å². The average Bonchev–Trinajstić information content (AvgIpc) is 3.18. The molecule has 5 nitrogen and oxygen atoms in total. The molecule has 1 aromatic rings. The van der Waals surface area contributed by atoms with E-state index in [4.69, 9.17) is 5.73 Å². The summed E-state index contributed by atoms with van der Waals surface area (Å²) in [6, 6.07) is 6.51. The van der Waals surface area contributed by atoms with Crippen molar-refractivity contribution < 1.29 is 13.2 Å². The summed E-state index contributed by atoms with van der Waals surface area (Å²) < 4.78 is 25.2. The molecule has 2 fully saturated rings. The molecule has 0 saturated heterocycles. The van der Waals surface area contributed by atoms with Gasteiger partial charge in [0.2, 0.25) is 0 Å². The van der Waals surface area contributed by atoms with Crippen LogP contribution in [0.1, 0.15) is 61.7 Å². The topological polar surface area (TPSA) is 89.3 Å². The van der Waals surface area contributed by atoms with Crippen LogP contribution in [0.25, 0.3) is 0 Å². The van der Waals surface area contributed by atoms with Crippen molar-refractivity contribution in [3.05, 3.63) is 29.8 Å². The summed E-state index contributed by atoms with van der Waals surface area (Å²) in [4.78, 5) is 12.8. The van der Waals surface area contributed by atoms with Gasteiger partial charge in [-0.25, -0.2) is 8.42 Å². The summed E-state index contributed by atoms with van der Waals surface area (Å²) in [5.41, 5.74) is 6.32. The normalized spacial score (nSPS) is 24.0. The number of hydrogen-bond acceptors (Lipinski definition) is 4. The Morgan fingerprint density at radius 3 is 2.19 bits per heavy atom. The molecule has 2 saturated carbocycles. The van der Waals surface area contributed by atoms with E-state index in [9.17, 15) is 13.2 Å². The van der Waals surface area contributed by atoms with Gasteiger partial charge in [0.25, 0.3) is 5.91 Å². The highest BCUT2D eigenvalue weighted by molar-refractivity contribution is 7.92. The smallest absolute Gasteiger partial charge is 0.251 e. The molecule has 3 rings (SSSR count). The largest absolute Gasteiger partial charge is 0.349 e. The lowest BCUT2D eigenvalue weighted by Gasteiger charge is -2.31. The van der Waals surface area contributed by atoms with E-state index in [1.165, 1.54) is 6.42 Å². The molecule has 2 aliphatic carbocycles. The van der Waals surface area contributed by atoms with E-state index >= 15 is 0 Å². The summed E-state index contributed by atoms with van der Waals surface area (Å²) in [7, 11) is -3.27. The zero-order valence-electron chi connectivity index (χ0n) is 15.0. The molecule has 0 aromatic heterocycles. The molecule has 0 aliphatic heterocycles. The van der Waals surface area contributed by atoms with Gasteiger partial charge in [-0.05, 0) is 62.4 Å². The highest BCUT2D eigenvalue weighted by Crippen LogP contribution is 2.29. The number of nitrogens with one attached hydrogen (secondary N) is 1. The van der Waals surface area contributed by atoms with E-state index < -0.39 is 9.84 Å². The van der Waals surface area contributed by atoms with Crippen molar-refractivity contribution in [3.63, 3.8) is 0 Å². The number of rotatable bonds is 5. The fourth-order valence-corrected chi connectivity index (χ4v) is 5.97. The first kappa shape index (κ1) is 21.2. The Hall–Kier alpha value is -1.11. The number of sulfone groups is 1. The average molecular weight is 401 g/mol. The number of halogens is 1. The first-order valence-electron chi connectivity index (χ1n) is 9.37. The van der Waals surface area contributed by atoms with Gasteiger partial charge < -0.3 is 11.1 Å². The minimum Gasteiger partial charge on any atom is -0.349 e. The Kier molecular flexibility index (Phi) is 7.50. The predicted octanol–water partition coefficient (Wildman–Crippen LogP) is 3.07. The third-order valence-electron chi connectivity index (χ3n) is 5.71.